The molecular formula is C15H17ClN2O. The Labute approximate surface area is 117 Å². The Bertz CT molecular complexity index is 628. The molecule has 1 amide bonds. The Kier molecular flexibility index (Phi) is 3.02. The molecule has 1 saturated carbocycles. The van der Waals surface area contributed by atoms with E-state index < -0.39 is 0 Å². The van der Waals surface area contributed by atoms with Crippen LogP contribution in [0.1, 0.15) is 31.7 Å². The van der Waals surface area contributed by atoms with Crippen LogP contribution in [0.2, 0.25) is 5.02 Å². The molecule has 100 valence electrons. The van der Waals surface area contributed by atoms with Crippen molar-refractivity contribution in [2.24, 2.45) is 0 Å². The zero-order valence-electron chi connectivity index (χ0n) is 10.9. The first-order chi connectivity index (χ1) is 9.14. The largest absolute Gasteiger partial charge is 0.361 e. The summed E-state index contributed by atoms with van der Waals surface area (Å²) >= 11 is 6.00. The standard InChI is InChI=1S/C15H17ClN2O/c1-2-14(19)18-9-15(5-6-15)12-8-17-13-7-10(16)3-4-11(12)13/h3-4,7-8,17H,2,5-6,9H2,1H3,(H,18,19). The smallest absolute Gasteiger partial charge is 0.219 e. The van der Waals surface area contributed by atoms with Gasteiger partial charge in [-0.05, 0) is 30.5 Å². The number of aromatic nitrogens is 1. The number of hydrogen-bond acceptors (Lipinski definition) is 1. The predicted octanol–water partition coefficient (Wildman–Crippen LogP) is 3.38. The number of halogens is 1. The van der Waals surface area contributed by atoms with Gasteiger partial charge in [-0.15, -0.1) is 0 Å². The highest BCUT2D eigenvalue weighted by Gasteiger charge is 2.45. The van der Waals surface area contributed by atoms with Crippen molar-refractivity contribution in [3.8, 4) is 0 Å². The Balaban J connectivity index is 1.89. The second kappa shape index (κ2) is 4.57. The van der Waals surface area contributed by atoms with Gasteiger partial charge in [0.05, 0.1) is 0 Å². The van der Waals surface area contributed by atoms with Crippen LogP contribution in [0.15, 0.2) is 24.4 Å². The first kappa shape index (κ1) is 12.5. The van der Waals surface area contributed by atoms with Gasteiger partial charge in [0.15, 0.2) is 0 Å². The molecule has 0 atom stereocenters. The number of rotatable bonds is 4. The second-order valence-corrected chi connectivity index (χ2v) is 5.74. The molecule has 2 N–H and O–H groups in total. The van der Waals surface area contributed by atoms with E-state index in [1.165, 1.54) is 10.9 Å². The molecule has 1 aromatic heterocycles. The van der Waals surface area contributed by atoms with Crippen molar-refractivity contribution in [3.63, 3.8) is 0 Å². The predicted molar refractivity (Wildman–Crippen MR) is 77.5 cm³/mol. The maximum atomic E-state index is 11.4. The van der Waals surface area contributed by atoms with E-state index in [9.17, 15) is 4.79 Å². The van der Waals surface area contributed by atoms with Crippen LogP contribution in [0.5, 0.6) is 0 Å². The minimum absolute atomic E-state index is 0.120. The lowest BCUT2D eigenvalue weighted by Crippen LogP contribution is -2.31. The molecule has 0 spiro atoms. The number of fused-ring (bicyclic) bond motifs is 1. The third-order valence-corrected chi connectivity index (χ3v) is 4.25. The molecule has 3 rings (SSSR count). The first-order valence-corrected chi connectivity index (χ1v) is 7.06. The van der Waals surface area contributed by atoms with Crippen LogP contribution < -0.4 is 5.32 Å². The topological polar surface area (TPSA) is 44.9 Å². The summed E-state index contributed by atoms with van der Waals surface area (Å²) in [6.45, 7) is 2.61. The van der Waals surface area contributed by atoms with E-state index in [1.54, 1.807) is 0 Å². The summed E-state index contributed by atoms with van der Waals surface area (Å²) in [5, 5.41) is 4.98. The number of carbonyl (C=O) groups excluding carboxylic acids is 1. The van der Waals surface area contributed by atoms with Crippen LogP contribution in [-0.2, 0) is 10.2 Å². The van der Waals surface area contributed by atoms with Crippen LogP contribution in [-0.4, -0.2) is 17.4 Å². The van der Waals surface area contributed by atoms with E-state index in [0.29, 0.717) is 6.42 Å². The molecule has 0 saturated heterocycles. The molecule has 1 aliphatic carbocycles. The van der Waals surface area contributed by atoms with Gasteiger partial charge in [0.2, 0.25) is 5.91 Å². The molecule has 1 fully saturated rings. The van der Waals surface area contributed by atoms with Gasteiger partial charge in [-0.2, -0.15) is 0 Å². The van der Waals surface area contributed by atoms with Crippen molar-refractivity contribution >= 4 is 28.4 Å². The van der Waals surface area contributed by atoms with Gasteiger partial charge < -0.3 is 10.3 Å². The number of benzene rings is 1. The third kappa shape index (κ3) is 2.23. The minimum atomic E-state index is 0.120. The minimum Gasteiger partial charge on any atom is -0.361 e. The van der Waals surface area contributed by atoms with Gasteiger partial charge >= 0.3 is 0 Å². The van der Waals surface area contributed by atoms with Crippen LogP contribution in [0, 0.1) is 0 Å². The monoisotopic (exact) mass is 276 g/mol. The maximum Gasteiger partial charge on any atom is 0.219 e. The third-order valence-electron chi connectivity index (χ3n) is 4.01. The Hall–Kier alpha value is -1.48. The van der Waals surface area contributed by atoms with Crippen LogP contribution in [0.25, 0.3) is 10.9 Å². The molecule has 0 radical (unpaired) electrons. The highest BCUT2D eigenvalue weighted by molar-refractivity contribution is 6.31. The fourth-order valence-electron chi connectivity index (χ4n) is 2.62. The summed E-state index contributed by atoms with van der Waals surface area (Å²) < 4.78 is 0. The number of H-pyrrole nitrogens is 1. The Morgan fingerprint density at radius 2 is 2.26 bits per heavy atom. The summed E-state index contributed by atoms with van der Waals surface area (Å²) in [5.74, 6) is 0.120. The van der Waals surface area contributed by atoms with Gasteiger partial charge in [0, 0.05) is 40.5 Å². The quantitative estimate of drug-likeness (QED) is 0.883. The summed E-state index contributed by atoms with van der Waals surface area (Å²) in [6, 6.07) is 5.92. The lowest BCUT2D eigenvalue weighted by atomic mass is 9.95. The lowest BCUT2D eigenvalue weighted by molar-refractivity contribution is -0.120. The van der Waals surface area contributed by atoms with Crippen LogP contribution >= 0.6 is 11.6 Å². The van der Waals surface area contributed by atoms with E-state index in [1.807, 2.05) is 19.1 Å². The van der Waals surface area contributed by atoms with E-state index in [0.717, 1.165) is 29.9 Å². The zero-order chi connectivity index (χ0) is 13.5. The molecule has 0 aliphatic heterocycles. The lowest BCUT2D eigenvalue weighted by Gasteiger charge is -2.15. The summed E-state index contributed by atoms with van der Waals surface area (Å²) in [7, 11) is 0. The van der Waals surface area contributed by atoms with Gasteiger partial charge in [-0.25, -0.2) is 0 Å². The molecule has 3 nitrogen and oxygen atoms in total. The Morgan fingerprint density at radius 1 is 1.47 bits per heavy atom. The fraction of sp³-hybridized carbons (Fsp3) is 0.400. The SMILES string of the molecule is CCC(=O)NCC1(c2c[nH]c3cc(Cl)ccc23)CC1. The average molecular weight is 277 g/mol. The summed E-state index contributed by atoms with van der Waals surface area (Å²) in [4.78, 5) is 14.7. The molecule has 0 unspecified atom stereocenters. The van der Waals surface area contributed by atoms with E-state index >= 15 is 0 Å². The van der Waals surface area contributed by atoms with Gasteiger partial charge in [-0.3, -0.25) is 4.79 Å². The molecule has 1 aliphatic rings. The molecule has 19 heavy (non-hydrogen) atoms. The average Bonchev–Trinajstić information content (AvgIpc) is 3.09. The highest BCUT2D eigenvalue weighted by atomic mass is 35.5. The van der Waals surface area contributed by atoms with Gasteiger partial charge in [0.25, 0.3) is 0 Å². The van der Waals surface area contributed by atoms with E-state index in [2.05, 4.69) is 22.6 Å². The fourth-order valence-corrected chi connectivity index (χ4v) is 2.79. The van der Waals surface area contributed by atoms with Crippen molar-refractivity contribution in [1.29, 1.82) is 0 Å². The normalized spacial score (nSPS) is 16.5. The maximum absolute atomic E-state index is 11.4. The molecule has 4 heteroatoms. The second-order valence-electron chi connectivity index (χ2n) is 5.30. The van der Waals surface area contributed by atoms with Crippen molar-refractivity contribution < 1.29 is 4.79 Å². The molecule has 0 bridgehead atoms. The van der Waals surface area contributed by atoms with E-state index in [-0.39, 0.29) is 11.3 Å². The van der Waals surface area contributed by atoms with Crippen LogP contribution in [0.4, 0.5) is 0 Å². The van der Waals surface area contributed by atoms with E-state index in [4.69, 9.17) is 11.6 Å². The molecule has 2 aromatic rings. The van der Waals surface area contributed by atoms with Crippen molar-refractivity contribution in [2.45, 2.75) is 31.6 Å². The van der Waals surface area contributed by atoms with Crippen molar-refractivity contribution in [1.82, 2.24) is 10.3 Å². The summed E-state index contributed by atoms with van der Waals surface area (Å²) in [6.07, 6.45) is 4.87. The van der Waals surface area contributed by atoms with Crippen molar-refractivity contribution in [3.05, 3.63) is 35.0 Å². The van der Waals surface area contributed by atoms with Gasteiger partial charge in [0.1, 0.15) is 0 Å². The number of hydrogen-bond donors (Lipinski definition) is 2. The van der Waals surface area contributed by atoms with Crippen LogP contribution in [0.3, 0.4) is 0 Å². The number of nitrogens with one attached hydrogen (secondary N) is 2. The number of amides is 1. The highest BCUT2D eigenvalue weighted by Crippen LogP contribution is 2.50. The van der Waals surface area contributed by atoms with Gasteiger partial charge in [-0.1, -0.05) is 24.6 Å². The Morgan fingerprint density at radius 3 is 2.95 bits per heavy atom. The van der Waals surface area contributed by atoms with Crippen molar-refractivity contribution in [2.75, 3.05) is 6.54 Å². The molecule has 1 heterocycles. The first-order valence-electron chi connectivity index (χ1n) is 6.68. The summed E-state index contributed by atoms with van der Waals surface area (Å²) in [5.41, 5.74) is 2.49. The number of carbonyl (C=O) groups is 1. The molecule has 1 aromatic carbocycles. The zero-order valence-corrected chi connectivity index (χ0v) is 11.7. The number of aromatic amines is 1. The molecular weight excluding hydrogens is 260 g/mol.